The van der Waals surface area contributed by atoms with E-state index in [0.717, 1.165) is 0 Å². The lowest BCUT2D eigenvalue weighted by Crippen LogP contribution is -2.35. The van der Waals surface area contributed by atoms with Crippen molar-refractivity contribution in [2.75, 3.05) is 18.4 Å². The summed E-state index contributed by atoms with van der Waals surface area (Å²) in [6.45, 7) is 5.14. The van der Waals surface area contributed by atoms with Gasteiger partial charge in [0.05, 0.1) is 11.0 Å². The Morgan fingerprint density at radius 3 is 2.50 bits per heavy atom. The molecule has 9 heteroatoms. The number of nitrogens with one attached hydrogen (secondary N) is 2. The summed E-state index contributed by atoms with van der Waals surface area (Å²) >= 11 is 0. The van der Waals surface area contributed by atoms with E-state index in [1.54, 1.807) is 20.8 Å². The Labute approximate surface area is 125 Å². The maximum absolute atomic E-state index is 13.6. The van der Waals surface area contributed by atoms with Crippen molar-refractivity contribution < 1.29 is 23.2 Å². The topological polar surface area (TPSA) is 93.5 Å². The molecule has 0 aliphatic heterocycles. The van der Waals surface area contributed by atoms with Gasteiger partial charge in [-0.25, -0.2) is 13.6 Å². The van der Waals surface area contributed by atoms with Gasteiger partial charge in [-0.05, 0) is 20.8 Å². The second-order valence-electron chi connectivity index (χ2n) is 5.39. The molecule has 122 valence electrons. The number of nitro benzene ring substituents is 1. The molecule has 2 N–H and O–H groups in total. The number of alkyl carbamates (subject to hydrolysis) is 1. The third-order valence-corrected chi connectivity index (χ3v) is 2.33. The second kappa shape index (κ2) is 7.01. The molecule has 0 aliphatic rings. The van der Waals surface area contributed by atoms with Crippen molar-refractivity contribution in [3.8, 4) is 0 Å². The number of carbonyl (C=O) groups is 1. The number of hydrogen-bond donors (Lipinski definition) is 2. The Hall–Kier alpha value is -2.45. The first-order valence-corrected chi connectivity index (χ1v) is 6.44. The SMILES string of the molecule is CC(C)(C)OC(=O)NCCNc1c(F)cc(F)cc1[N+](=O)[O-]. The zero-order valence-corrected chi connectivity index (χ0v) is 12.4. The third-order valence-electron chi connectivity index (χ3n) is 2.33. The smallest absolute Gasteiger partial charge is 0.407 e. The first-order valence-electron chi connectivity index (χ1n) is 6.44. The number of halogens is 2. The second-order valence-corrected chi connectivity index (χ2v) is 5.39. The molecule has 22 heavy (non-hydrogen) atoms. The minimum atomic E-state index is -1.08. The van der Waals surface area contributed by atoms with Gasteiger partial charge in [-0.2, -0.15) is 0 Å². The molecular weight excluding hydrogens is 300 g/mol. The van der Waals surface area contributed by atoms with Crippen molar-refractivity contribution in [2.45, 2.75) is 26.4 Å². The van der Waals surface area contributed by atoms with Gasteiger partial charge >= 0.3 is 6.09 Å². The number of anilines is 1. The number of carbonyl (C=O) groups excluding carboxylic acids is 1. The monoisotopic (exact) mass is 317 g/mol. The van der Waals surface area contributed by atoms with Crippen molar-refractivity contribution in [2.24, 2.45) is 0 Å². The van der Waals surface area contributed by atoms with Crippen LogP contribution in [0.2, 0.25) is 0 Å². The van der Waals surface area contributed by atoms with Gasteiger partial charge in [0.1, 0.15) is 17.1 Å². The largest absolute Gasteiger partial charge is 0.444 e. The number of hydrogen-bond acceptors (Lipinski definition) is 5. The van der Waals surface area contributed by atoms with E-state index in [1.807, 2.05) is 0 Å². The summed E-state index contributed by atoms with van der Waals surface area (Å²) < 4.78 is 31.5. The predicted molar refractivity (Wildman–Crippen MR) is 75.7 cm³/mol. The van der Waals surface area contributed by atoms with Crippen LogP contribution >= 0.6 is 0 Å². The lowest BCUT2D eigenvalue weighted by atomic mass is 10.2. The van der Waals surface area contributed by atoms with Crippen LogP contribution in [0.3, 0.4) is 0 Å². The highest BCUT2D eigenvalue weighted by atomic mass is 19.1. The molecule has 1 aromatic carbocycles. The van der Waals surface area contributed by atoms with Gasteiger partial charge < -0.3 is 15.4 Å². The van der Waals surface area contributed by atoms with Crippen molar-refractivity contribution in [3.63, 3.8) is 0 Å². The Kier molecular flexibility index (Phi) is 5.61. The van der Waals surface area contributed by atoms with Crippen molar-refractivity contribution >= 4 is 17.5 Å². The number of nitrogens with zero attached hydrogens (tertiary/aromatic N) is 1. The molecule has 0 saturated heterocycles. The summed E-state index contributed by atoms with van der Waals surface area (Å²) in [7, 11) is 0. The van der Waals surface area contributed by atoms with E-state index in [0.29, 0.717) is 12.1 Å². The van der Waals surface area contributed by atoms with E-state index in [2.05, 4.69) is 10.6 Å². The molecule has 0 atom stereocenters. The maximum atomic E-state index is 13.6. The zero-order valence-electron chi connectivity index (χ0n) is 12.4. The molecule has 7 nitrogen and oxygen atoms in total. The highest BCUT2D eigenvalue weighted by Gasteiger charge is 2.20. The maximum Gasteiger partial charge on any atom is 0.407 e. The fourth-order valence-electron chi connectivity index (χ4n) is 1.55. The Morgan fingerprint density at radius 2 is 1.95 bits per heavy atom. The Morgan fingerprint density at radius 1 is 1.32 bits per heavy atom. The first-order chi connectivity index (χ1) is 10.1. The number of ether oxygens (including phenoxy) is 1. The predicted octanol–water partition coefficient (Wildman–Crippen LogP) is 2.81. The number of benzene rings is 1. The molecule has 1 aromatic rings. The fourth-order valence-corrected chi connectivity index (χ4v) is 1.55. The van der Waals surface area contributed by atoms with Crippen LogP contribution in [-0.4, -0.2) is 29.7 Å². The van der Waals surface area contributed by atoms with E-state index in [9.17, 15) is 23.7 Å². The Bertz CT molecular complexity index is 573. The molecule has 0 heterocycles. The molecule has 0 fully saturated rings. The lowest BCUT2D eigenvalue weighted by Gasteiger charge is -2.19. The standard InChI is InChI=1S/C13H17F2N3O4/c1-13(2,3)22-12(19)17-5-4-16-11-9(15)6-8(14)7-10(11)18(20)21/h6-7,16H,4-5H2,1-3H3,(H,17,19). The third kappa shape index (κ3) is 5.51. The van der Waals surface area contributed by atoms with E-state index in [-0.39, 0.29) is 13.1 Å². The van der Waals surface area contributed by atoms with Gasteiger partial charge in [-0.3, -0.25) is 10.1 Å². The summed E-state index contributed by atoms with van der Waals surface area (Å²) in [5.41, 5.74) is -1.80. The van der Waals surface area contributed by atoms with Crippen molar-refractivity contribution in [3.05, 3.63) is 33.9 Å². The lowest BCUT2D eigenvalue weighted by molar-refractivity contribution is -0.384. The van der Waals surface area contributed by atoms with Crippen LogP contribution in [0.5, 0.6) is 0 Å². The Balaban J connectivity index is 2.59. The van der Waals surface area contributed by atoms with Crippen molar-refractivity contribution in [1.82, 2.24) is 5.32 Å². The van der Waals surface area contributed by atoms with Crippen LogP contribution in [0.25, 0.3) is 0 Å². The van der Waals surface area contributed by atoms with Gasteiger partial charge in [0.15, 0.2) is 5.82 Å². The van der Waals surface area contributed by atoms with E-state index in [4.69, 9.17) is 4.74 Å². The van der Waals surface area contributed by atoms with Gasteiger partial charge in [0.2, 0.25) is 0 Å². The summed E-state index contributed by atoms with van der Waals surface area (Å²) in [6.07, 6.45) is -0.664. The van der Waals surface area contributed by atoms with E-state index >= 15 is 0 Å². The van der Waals surface area contributed by atoms with Crippen molar-refractivity contribution in [1.29, 1.82) is 0 Å². The molecule has 1 rings (SSSR count). The highest BCUT2D eigenvalue weighted by molar-refractivity contribution is 5.68. The van der Waals surface area contributed by atoms with Gasteiger partial charge in [0.25, 0.3) is 5.69 Å². The average molecular weight is 317 g/mol. The van der Waals surface area contributed by atoms with Crippen LogP contribution in [-0.2, 0) is 4.74 Å². The quantitative estimate of drug-likeness (QED) is 0.495. The molecule has 0 spiro atoms. The summed E-state index contributed by atoms with van der Waals surface area (Å²) in [5, 5.41) is 15.6. The average Bonchev–Trinajstić information content (AvgIpc) is 2.33. The molecule has 0 saturated carbocycles. The number of amides is 1. The molecule has 0 unspecified atom stereocenters. The van der Waals surface area contributed by atoms with Crippen LogP contribution in [0.1, 0.15) is 20.8 Å². The molecule has 0 bridgehead atoms. The minimum absolute atomic E-state index is 0.00261. The summed E-state index contributed by atoms with van der Waals surface area (Å²) in [6, 6.07) is 1.16. The first kappa shape index (κ1) is 17.6. The molecule has 0 aromatic heterocycles. The van der Waals surface area contributed by atoms with Gasteiger partial charge in [-0.15, -0.1) is 0 Å². The number of nitro groups is 1. The molecule has 0 aliphatic carbocycles. The number of rotatable bonds is 5. The van der Waals surface area contributed by atoms with Crippen LogP contribution in [0.4, 0.5) is 25.0 Å². The normalized spacial score (nSPS) is 11.0. The van der Waals surface area contributed by atoms with Crippen LogP contribution in [0, 0.1) is 21.7 Å². The minimum Gasteiger partial charge on any atom is -0.444 e. The highest BCUT2D eigenvalue weighted by Crippen LogP contribution is 2.28. The summed E-state index contributed by atoms with van der Waals surface area (Å²) in [5.74, 6) is -2.12. The van der Waals surface area contributed by atoms with Crippen LogP contribution < -0.4 is 10.6 Å². The fraction of sp³-hybridized carbons (Fsp3) is 0.462. The van der Waals surface area contributed by atoms with Crippen LogP contribution in [0.15, 0.2) is 12.1 Å². The van der Waals surface area contributed by atoms with Gasteiger partial charge in [-0.1, -0.05) is 0 Å². The van der Waals surface area contributed by atoms with Gasteiger partial charge in [0, 0.05) is 19.2 Å². The molecular formula is C13H17F2N3O4. The zero-order chi connectivity index (χ0) is 16.9. The summed E-state index contributed by atoms with van der Waals surface area (Å²) in [4.78, 5) is 21.2. The molecule has 1 amide bonds. The molecule has 0 radical (unpaired) electrons. The van der Waals surface area contributed by atoms with E-state index in [1.165, 1.54) is 0 Å². The van der Waals surface area contributed by atoms with E-state index < -0.39 is 39.6 Å².